The first-order valence-electron chi connectivity index (χ1n) is 6.87. The molecule has 0 spiro atoms. The molecule has 1 aromatic carbocycles. The molecule has 2 heteroatoms. The van der Waals surface area contributed by atoms with Gasteiger partial charge in [0.05, 0.1) is 0 Å². The van der Waals surface area contributed by atoms with Gasteiger partial charge in [-0.15, -0.1) is 0 Å². The van der Waals surface area contributed by atoms with Crippen molar-refractivity contribution in [2.24, 2.45) is 10.8 Å². The zero-order chi connectivity index (χ0) is 16.3. The van der Waals surface area contributed by atoms with Crippen LogP contribution >= 0.6 is 15.9 Å². The van der Waals surface area contributed by atoms with E-state index in [1.165, 1.54) is 0 Å². The highest BCUT2D eigenvalue weighted by Crippen LogP contribution is 2.21. The van der Waals surface area contributed by atoms with Gasteiger partial charge in [-0.1, -0.05) is 39.6 Å². The summed E-state index contributed by atoms with van der Waals surface area (Å²) in [5.74, 6) is 12.5. The topological polar surface area (TPSA) is 17.1 Å². The third kappa shape index (κ3) is 6.19. The van der Waals surface area contributed by atoms with Crippen LogP contribution in [0.1, 0.15) is 63.0 Å². The van der Waals surface area contributed by atoms with Crippen LogP contribution in [0, 0.1) is 34.5 Å². The van der Waals surface area contributed by atoms with Crippen LogP contribution in [-0.4, -0.2) is 6.29 Å². The number of rotatable bonds is 1. The Morgan fingerprint density at radius 2 is 1.29 bits per heavy atom. The fraction of sp³-hybridized carbons (Fsp3) is 0.421. The van der Waals surface area contributed by atoms with Gasteiger partial charge in [-0.25, -0.2) is 0 Å². The van der Waals surface area contributed by atoms with E-state index in [-0.39, 0.29) is 10.8 Å². The van der Waals surface area contributed by atoms with Crippen molar-refractivity contribution in [3.8, 4) is 23.7 Å². The highest BCUT2D eigenvalue weighted by atomic mass is 79.9. The third-order valence-electron chi connectivity index (χ3n) is 2.41. The van der Waals surface area contributed by atoms with Crippen LogP contribution in [0.2, 0.25) is 0 Å². The fourth-order valence-electron chi connectivity index (χ4n) is 1.46. The van der Waals surface area contributed by atoms with Gasteiger partial charge in [0.15, 0.2) is 6.29 Å². The Hall–Kier alpha value is -1.51. The Morgan fingerprint density at radius 1 is 0.905 bits per heavy atom. The molecule has 0 aliphatic heterocycles. The first-order chi connectivity index (χ1) is 9.52. The summed E-state index contributed by atoms with van der Waals surface area (Å²) >= 11 is 3.47. The molecule has 0 radical (unpaired) electrons. The quantitative estimate of drug-likeness (QED) is 0.514. The van der Waals surface area contributed by atoms with Crippen LogP contribution in [-0.2, 0) is 0 Å². The maximum atomic E-state index is 11.5. The molecule has 0 aliphatic carbocycles. The van der Waals surface area contributed by atoms with Gasteiger partial charge in [0.1, 0.15) is 0 Å². The average Bonchev–Trinajstić information content (AvgIpc) is 2.31. The van der Waals surface area contributed by atoms with E-state index in [4.69, 9.17) is 0 Å². The van der Waals surface area contributed by atoms with E-state index >= 15 is 0 Å². The standard InChI is InChI=1S/C19H21BrO/c1-18(2,3)9-7-14-11-16(20)12-15(17(14)13-21)8-10-19(4,5)6/h11-13H,1-6H3. The van der Waals surface area contributed by atoms with Gasteiger partial charge in [0.2, 0.25) is 0 Å². The molecule has 0 aliphatic rings. The lowest BCUT2D eigenvalue weighted by molar-refractivity contribution is 0.112. The summed E-state index contributed by atoms with van der Waals surface area (Å²) in [4.78, 5) is 11.5. The van der Waals surface area contributed by atoms with Gasteiger partial charge >= 0.3 is 0 Å². The van der Waals surface area contributed by atoms with Gasteiger partial charge in [0, 0.05) is 32.0 Å². The first-order valence-corrected chi connectivity index (χ1v) is 7.66. The Balaban J connectivity index is 3.46. The van der Waals surface area contributed by atoms with Crippen LogP contribution in [0.3, 0.4) is 0 Å². The number of carbonyl (C=O) groups excluding carboxylic acids is 1. The Kier molecular flexibility index (Phi) is 5.43. The SMILES string of the molecule is CC(C)(C)C#Cc1cc(Br)cc(C#CC(C)(C)C)c1C=O. The summed E-state index contributed by atoms with van der Waals surface area (Å²) in [5, 5.41) is 0. The van der Waals surface area contributed by atoms with E-state index in [0.717, 1.165) is 10.8 Å². The predicted molar refractivity (Wildman–Crippen MR) is 92.2 cm³/mol. The highest BCUT2D eigenvalue weighted by Gasteiger charge is 2.10. The molecule has 110 valence electrons. The highest BCUT2D eigenvalue weighted by molar-refractivity contribution is 9.10. The molecular formula is C19H21BrO. The molecule has 0 unspecified atom stereocenters. The van der Waals surface area contributed by atoms with E-state index in [1.54, 1.807) is 0 Å². The van der Waals surface area contributed by atoms with Crippen molar-refractivity contribution in [3.05, 3.63) is 33.3 Å². The van der Waals surface area contributed by atoms with Crippen molar-refractivity contribution >= 4 is 22.2 Å². The van der Waals surface area contributed by atoms with Crippen LogP contribution in [0.4, 0.5) is 0 Å². The smallest absolute Gasteiger partial charge is 0.152 e. The minimum Gasteiger partial charge on any atom is -0.298 e. The number of aldehydes is 1. The zero-order valence-electron chi connectivity index (χ0n) is 13.5. The molecule has 0 saturated carbocycles. The van der Waals surface area contributed by atoms with E-state index in [9.17, 15) is 4.79 Å². The van der Waals surface area contributed by atoms with Crippen LogP contribution in [0.5, 0.6) is 0 Å². The van der Waals surface area contributed by atoms with E-state index in [0.29, 0.717) is 16.7 Å². The Morgan fingerprint density at radius 3 is 1.57 bits per heavy atom. The number of benzene rings is 1. The molecule has 0 saturated heterocycles. The zero-order valence-corrected chi connectivity index (χ0v) is 15.1. The summed E-state index contributed by atoms with van der Waals surface area (Å²) in [6, 6.07) is 3.73. The maximum absolute atomic E-state index is 11.5. The van der Waals surface area contributed by atoms with E-state index in [1.807, 2.05) is 53.7 Å². The molecule has 0 fully saturated rings. The molecule has 0 aromatic heterocycles. The summed E-state index contributed by atoms with van der Waals surface area (Å²) in [7, 11) is 0. The Bertz CT molecular complexity index is 609. The first kappa shape index (κ1) is 17.5. The molecule has 0 bridgehead atoms. The molecule has 1 nitrogen and oxygen atoms in total. The lowest BCUT2D eigenvalue weighted by atomic mass is 9.94. The van der Waals surface area contributed by atoms with Gasteiger partial charge in [0.25, 0.3) is 0 Å². The molecule has 21 heavy (non-hydrogen) atoms. The van der Waals surface area contributed by atoms with Crippen molar-refractivity contribution in [3.63, 3.8) is 0 Å². The monoisotopic (exact) mass is 344 g/mol. The van der Waals surface area contributed by atoms with Gasteiger partial charge in [-0.05, 0) is 53.7 Å². The molecule has 0 N–H and O–H groups in total. The van der Waals surface area contributed by atoms with Crippen molar-refractivity contribution in [2.45, 2.75) is 41.5 Å². The molecular weight excluding hydrogens is 324 g/mol. The second kappa shape index (κ2) is 6.50. The van der Waals surface area contributed by atoms with Crippen LogP contribution in [0.25, 0.3) is 0 Å². The van der Waals surface area contributed by atoms with Crippen molar-refractivity contribution in [1.82, 2.24) is 0 Å². The number of halogens is 1. The largest absolute Gasteiger partial charge is 0.298 e. The minimum absolute atomic E-state index is 0.111. The number of carbonyl (C=O) groups is 1. The average molecular weight is 345 g/mol. The molecule has 1 aromatic rings. The fourth-order valence-corrected chi connectivity index (χ4v) is 1.92. The maximum Gasteiger partial charge on any atom is 0.152 e. The summed E-state index contributed by atoms with van der Waals surface area (Å²) in [6.45, 7) is 12.2. The molecule has 0 heterocycles. The van der Waals surface area contributed by atoms with E-state index < -0.39 is 0 Å². The Labute approximate surface area is 136 Å². The van der Waals surface area contributed by atoms with Crippen molar-refractivity contribution in [1.29, 1.82) is 0 Å². The predicted octanol–water partition coefficient (Wildman–Crippen LogP) is 5.06. The summed E-state index contributed by atoms with van der Waals surface area (Å²) in [6.07, 6.45) is 0.839. The molecule has 0 atom stereocenters. The summed E-state index contributed by atoms with van der Waals surface area (Å²) in [5.41, 5.74) is 1.77. The normalized spacial score (nSPS) is 11.0. The third-order valence-corrected chi connectivity index (χ3v) is 2.86. The lowest BCUT2D eigenvalue weighted by Crippen LogP contribution is -2.02. The van der Waals surface area contributed by atoms with E-state index in [2.05, 4.69) is 39.6 Å². The van der Waals surface area contributed by atoms with Crippen LogP contribution < -0.4 is 0 Å². The van der Waals surface area contributed by atoms with Crippen LogP contribution in [0.15, 0.2) is 16.6 Å². The van der Waals surface area contributed by atoms with Crippen molar-refractivity contribution in [2.75, 3.05) is 0 Å². The second-order valence-electron chi connectivity index (χ2n) is 7.03. The number of hydrogen-bond donors (Lipinski definition) is 0. The van der Waals surface area contributed by atoms with Crippen molar-refractivity contribution < 1.29 is 4.79 Å². The molecule has 1 rings (SSSR count). The summed E-state index contributed by atoms with van der Waals surface area (Å²) < 4.78 is 0.879. The molecule has 0 amide bonds. The minimum atomic E-state index is -0.111. The van der Waals surface area contributed by atoms with Gasteiger partial charge in [-0.3, -0.25) is 4.79 Å². The van der Waals surface area contributed by atoms with Gasteiger partial charge < -0.3 is 0 Å². The number of hydrogen-bond acceptors (Lipinski definition) is 1. The second-order valence-corrected chi connectivity index (χ2v) is 7.95. The van der Waals surface area contributed by atoms with Gasteiger partial charge in [-0.2, -0.15) is 0 Å². The lowest BCUT2D eigenvalue weighted by Gasteiger charge is -2.09.